The summed E-state index contributed by atoms with van der Waals surface area (Å²) in [5.41, 5.74) is 0. The van der Waals surface area contributed by atoms with Crippen molar-refractivity contribution < 1.29 is 34.4 Å². The average Bonchev–Trinajstić information content (AvgIpc) is 1.97. The van der Waals surface area contributed by atoms with Gasteiger partial charge in [-0.05, 0) is 0 Å². The van der Waals surface area contributed by atoms with Crippen LogP contribution < -0.4 is 0 Å². The lowest BCUT2D eigenvalue weighted by atomic mass is 10.2. The molecular formula is C6H11O7P. The first-order chi connectivity index (χ1) is 6.11. The topological polar surface area (TPSA) is 132 Å². The van der Waals surface area contributed by atoms with Gasteiger partial charge in [-0.3, -0.25) is 9.36 Å². The van der Waals surface area contributed by atoms with Crippen LogP contribution in [0.1, 0.15) is 12.8 Å². The molecule has 82 valence electrons. The Morgan fingerprint density at radius 1 is 1.36 bits per heavy atom. The van der Waals surface area contributed by atoms with Gasteiger partial charge in [0.1, 0.15) is 0 Å². The Bertz CT molecular complexity index is 293. The van der Waals surface area contributed by atoms with Crippen molar-refractivity contribution in [3.8, 4) is 0 Å². The Morgan fingerprint density at radius 2 is 1.79 bits per heavy atom. The summed E-state index contributed by atoms with van der Waals surface area (Å²) in [7, 11) is -4.31. The normalized spacial score (nSPS) is 19.4. The van der Waals surface area contributed by atoms with Gasteiger partial charge in [-0.2, -0.15) is 0 Å². The third-order valence-electron chi connectivity index (χ3n) is 1.72. The van der Waals surface area contributed by atoms with E-state index in [1.807, 2.05) is 0 Å². The number of carbonyl (C=O) groups is 2. The third kappa shape index (κ3) is 2.80. The van der Waals surface area contributed by atoms with Crippen molar-refractivity contribution >= 4 is 19.3 Å². The quantitative estimate of drug-likeness (QED) is 0.465. The van der Waals surface area contributed by atoms with Crippen molar-refractivity contribution in [1.82, 2.24) is 0 Å². The summed E-state index contributed by atoms with van der Waals surface area (Å²) in [6, 6.07) is 0. The highest BCUT2D eigenvalue weighted by Gasteiger charge is 2.49. The van der Waals surface area contributed by atoms with Gasteiger partial charge in [-0.15, -0.1) is 0 Å². The minimum absolute atomic E-state index is 0.670. The van der Waals surface area contributed by atoms with E-state index in [0.29, 0.717) is 6.66 Å². The van der Waals surface area contributed by atoms with Crippen LogP contribution in [0.5, 0.6) is 0 Å². The van der Waals surface area contributed by atoms with Crippen LogP contribution in [0.25, 0.3) is 0 Å². The van der Waals surface area contributed by atoms with Gasteiger partial charge in [0, 0.05) is 19.5 Å². The van der Waals surface area contributed by atoms with E-state index < -0.39 is 37.5 Å². The predicted molar refractivity (Wildman–Crippen MR) is 45.2 cm³/mol. The van der Waals surface area contributed by atoms with Crippen LogP contribution in [0, 0.1) is 0 Å². The number of carboxylic acids is 2. The molecule has 0 bridgehead atoms. The van der Waals surface area contributed by atoms with Crippen LogP contribution >= 0.6 is 7.37 Å². The lowest BCUT2D eigenvalue weighted by molar-refractivity contribution is -0.152. The Morgan fingerprint density at radius 3 is 2.00 bits per heavy atom. The van der Waals surface area contributed by atoms with Crippen LogP contribution in [-0.4, -0.2) is 44.2 Å². The highest BCUT2D eigenvalue weighted by Crippen LogP contribution is 2.51. The molecule has 2 unspecified atom stereocenters. The van der Waals surface area contributed by atoms with Gasteiger partial charge in [0.25, 0.3) is 0 Å². The molecule has 0 radical (unpaired) electrons. The molecule has 0 rings (SSSR count). The standard InChI is InChI=1S/C6H11O7P/c1-14(12,13)6(11,5(9)10)3-2-4(7)8/h11H,2-3H2,1H3,(H,7,8)(H,9,10)(H,12,13). The first kappa shape index (κ1) is 13.1. The van der Waals surface area contributed by atoms with Crippen LogP contribution in [-0.2, 0) is 14.2 Å². The summed E-state index contributed by atoms with van der Waals surface area (Å²) in [6.07, 6.45) is -1.50. The SMILES string of the molecule is CP(=O)(O)C(O)(CCC(=O)O)C(=O)O. The summed E-state index contributed by atoms with van der Waals surface area (Å²) in [4.78, 5) is 29.6. The zero-order valence-corrected chi connectivity index (χ0v) is 8.27. The van der Waals surface area contributed by atoms with Crippen LogP contribution in [0.3, 0.4) is 0 Å². The molecule has 0 amide bonds. The fourth-order valence-corrected chi connectivity index (χ4v) is 1.65. The van der Waals surface area contributed by atoms with Crippen LogP contribution in [0.15, 0.2) is 0 Å². The van der Waals surface area contributed by atoms with E-state index in [1.54, 1.807) is 0 Å². The molecule has 0 saturated heterocycles. The van der Waals surface area contributed by atoms with Crippen LogP contribution in [0.4, 0.5) is 0 Å². The molecular weight excluding hydrogens is 215 g/mol. The largest absolute Gasteiger partial charge is 0.481 e. The second-order valence-corrected chi connectivity index (χ2v) is 5.39. The van der Waals surface area contributed by atoms with E-state index in [4.69, 9.17) is 15.1 Å². The summed E-state index contributed by atoms with van der Waals surface area (Å²) >= 11 is 0. The molecule has 0 fully saturated rings. The van der Waals surface area contributed by atoms with Crippen molar-refractivity contribution in [3.05, 3.63) is 0 Å². The second kappa shape index (κ2) is 4.08. The van der Waals surface area contributed by atoms with Crippen molar-refractivity contribution in [1.29, 1.82) is 0 Å². The second-order valence-electron chi connectivity index (χ2n) is 2.89. The summed E-state index contributed by atoms with van der Waals surface area (Å²) in [6.45, 7) is 0.670. The highest BCUT2D eigenvalue weighted by molar-refractivity contribution is 7.59. The number of hydrogen-bond donors (Lipinski definition) is 4. The van der Waals surface area contributed by atoms with Gasteiger partial charge >= 0.3 is 11.9 Å². The minimum atomic E-state index is -4.31. The molecule has 7 nitrogen and oxygen atoms in total. The minimum Gasteiger partial charge on any atom is -0.481 e. The van der Waals surface area contributed by atoms with E-state index in [2.05, 4.69) is 0 Å². The average molecular weight is 226 g/mol. The molecule has 0 aromatic heterocycles. The Labute approximate surface area is 79.4 Å². The number of carboxylic acid groups (broad SMARTS) is 2. The molecule has 0 saturated carbocycles. The first-order valence-electron chi connectivity index (χ1n) is 3.59. The van der Waals surface area contributed by atoms with E-state index in [9.17, 15) is 19.3 Å². The van der Waals surface area contributed by atoms with Gasteiger partial charge in [0.2, 0.25) is 12.7 Å². The van der Waals surface area contributed by atoms with E-state index in [-0.39, 0.29) is 0 Å². The lowest BCUT2D eigenvalue weighted by Gasteiger charge is -2.25. The maximum atomic E-state index is 11.0. The zero-order chi connectivity index (χ0) is 11.6. The van der Waals surface area contributed by atoms with Crippen molar-refractivity contribution in [2.24, 2.45) is 0 Å². The third-order valence-corrected chi connectivity index (χ3v) is 3.50. The Balaban J connectivity index is 4.85. The van der Waals surface area contributed by atoms with Crippen LogP contribution in [0.2, 0.25) is 0 Å². The predicted octanol–water partition coefficient (Wildman–Crippen LogP) is -0.475. The Kier molecular flexibility index (Phi) is 3.81. The van der Waals surface area contributed by atoms with Gasteiger partial charge in [-0.25, -0.2) is 4.79 Å². The number of rotatable bonds is 5. The lowest BCUT2D eigenvalue weighted by Crippen LogP contribution is -2.38. The van der Waals surface area contributed by atoms with Crippen molar-refractivity contribution in [2.45, 2.75) is 18.2 Å². The monoisotopic (exact) mass is 226 g/mol. The van der Waals surface area contributed by atoms with E-state index in [0.717, 1.165) is 0 Å². The molecule has 4 N–H and O–H groups in total. The molecule has 0 aliphatic heterocycles. The molecule has 0 aliphatic carbocycles. The number of aliphatic hydroxyl groups is 1. The number of aliphatic carboxylic acids is 2. The molecule has 0 aliphatic rings. The smallest absolute Gasteiger partial charge is 0.345 e. The molecule has 0 heterocycles. The molecule has 2 atom stereocenters. The summed E-state index contributed by atoms with van der Waals surface area (Å²) < 4.78 is 11.0. The van der Waals surface area contributed by atoms with Gasteiger partial charge in [0.05, 0.1) is 0 Å². The molecule has 14 heavy (non-hydrogen) atoms. The van der Waals surface area contributed by atoms with Crippen molar-refractivity contribution in [2.75, 3.05) is 6.66 Å². The fourth-order valence-electron chi connectivity index (χ4n) is 0.773. The van der Waals surface area contributed by atoms with Gasteiger partial charge in [0.15, 0.2) is 0 Å². The fraction of sp³-hybridized carbons (Fsp3) is 0.667. The van der Waals surface area contributed by atoms with Gasteiger partial charge < -0.3 is 20.2 Å². The Hall–Kier alpha value is -0.910. The maximum absolute atomic E-state index is 11.0. The zero-order valence-electron chi connectivity index (χ0n) is 7.38. The maximum Gasteiger partial charge on any atom is 0.345 e. The van der Waals surface area contributed by atoms with Gasteiger partial charge in [-0.1, -0.05) is 0 Å². The number of hydrogen-bond acceptors (Lipinski definition) is 4. The summed E-state index contributed by atoms with van der Waals surface area (Å²) in [5.74, 6) is -3.25. The highest BCUT2D eigenvalue weighted by atomic mass is 31.2. The first-order valence-corrected chi connectivity index (χ1v) is 5.70. The summed E-state index contributed by atoms with van der Waals surface area (Å²) in [5, 5.41) is 23.2. The molecule has 8 heteroatoms. The molecule has 0 spiro atoms. The molecule has 0 aromatic carbocycles. The van der Waals surface area contributed by atoms with Crippen molar-refractivity contribution in [3.63, 3.8) is 0 Å². The molecule has 0 aromatic rings. The van der Waals surface area contributed by atoms with E-state index in [1.165, 1.54) is 0 Å². The van der Waals surface area contributed by atoms with E-state index >= 15 is 0 Å².